The Morgan fingerprint density at radius 2 is 1.62 bits per heavy atom. The van der Waals surface area contributed by atoms with Crippen molar-refractivity contribution in [3.05, 3.63) is 96.8 Å². The SMILES string of the molecule is COc1ccc(-c2cc(Nc3cccc(OCc4ccccc4)c3)ncn2)cc1. The van der Waals surface area contributed by atoms with E-state index in [1.54, 1.807) is 13.4 Å². The summed E-state index contributed by atoms with van der Waals surface area (Å²) < 4.78 is 11.1. The quantitative estimate of drug-likeness (QED) is 0.458. The number of ether oxygens (including phenoxy) is 2. The van der Waals surface area contributed by atoms with E-state index in [0.29, 0.717) is 12.4 Å². The van der Waals surface area contributed by atoms with Gasteiger partial charge >= 0.3 is 0 Å². The van der Waals surface area contributed by atoms with Gasteiger partial charge in [-0.05, 0) is 42.0 Å². The Kier molecular flexibility index (Phi) is 5.67. The largest absolute Gasteiger partial charge is 0.497 e. The third kappa shape index (κ3) is 4.90. The maximum Gasteiger partial charge on any atom is 0.134 e. The van der Waals surface area contributed by atoms with Crippen LogP contribution in [0.4, 0.5) is 11.5 Å². The smallest absolute Gasteiger partial charge is 0.134 e. The van der Waals surface area contributed by atoms with Gasteiger partial charge in [-0.1, -0.05) is 36.4 Å². The Labute approximate surface area is 170 Å². The summed E-state index contributed by atoms with van der Waals surface area (Å²) in [6.07, 6.45) is 1.55. The first-order valence-electron chi connectivity index (χ1n) is 9.30. The molecule has 3 aromatic carbocycles. The maximum atomic E-state index is 5.90. The van der Waals surface area contributed by atoms with Crippen LogP contribution in [0, 0.1) is 0 Å². The molecular formula is C24H21N3O2. The fraction of sp³-hybridized carbons (Fsp3) is 0.0833. The lowest BCUT2D eigenvalue weighted by atomic mass is 10.1. The highest BCUT2D eigenvalue weighted by Gasteiger charge is 2.04. The number of hydrogen-bond donors (Lipinski definition) is 1. The number of nitrogens with zero attached hydrogens (tertiary/aromatic N) is 2. The molecular weight excluding hydrogens is 362 g/mol. The summed E-state index contributed by atoms with van der Waals surface area (Å²) in [6.45, 7) is 0.527. The molecule has 29 heavy (non-hydrogen) atoms. The van der Waals surface area contributed by atoms with Gasteiger partial charge in [0.1, 0.15) is 30.3 Å². The predicted molar refractivity (Wildman–Crippen MR) is 115 cm³/mol. The minimum atomic E-state index is 0.527. The van der Waals surface area contributed by atoms with Gasteiger partial charge in [-0.3, -0.25) is 0 Å². The van der Waals surface area contributed by atoms with Gasteiger partial charge in [0.2, 0.25) is 0 Å². The summed E-state index contributed by atoms with van der Waals surface area (Å²) in [5, 5.41) is 3.32. The number of benzene rings is 3. The third-order valence-corrected chi connectivity index (χ3v) is 4.41. The van der Waals surface area contributed by atoms with E-state index in [9.17, 15) is 0 Å². The van der Waals surface area contributed by atoms with Gasteiger partial charge in [0.05, 0.1) is 12.8 Å². The fourth-order valence-corrected chi connectivity index (χ4v) is 2.90. The van der Waals surface area contributed by atoms with E-state index >= 15 is 0 Å². The zero-order chi connectivity index (χ0) is 19.9. The minimum Gasteiger partial charge on any atom is -0.497 e. The average Bonchev–Trinajstić information content (AvgIpc) is 2.79. The predicted octanol–water partition coefficient (Wildman–Crippen LogP) is 5.47. The first-order valence-corrected chi connectivity index (χ1v) is 9.30. The summed E-state index contributed by atoms with van der Waals surface area (Å²) >= 11 is 0. The third-order valence-electron chi connectivity index (χ3n) is 4.41. The van der Waals surface area contributed by atoms with E-state index in [1.165, 1.54) is 0 Å². The van der Waals surface area contributed by atoms with Crippen molar-refractivity contribution in [3.63, 3.8) is 0 Å². The zero-order valence-corrected chi connectivity index (χ0v) is 16.1. The van der Waals surface area contributed by atoms with E-state index in [-0.39, 0.29) is 0 Å². The van der Waals surface area contributed by atoms with Crippen molar-refractivity contribution >= 4 is 11.5 Å². The number of methoxy groups -OCH3 is 1. The van der Waals surface area contributed by atoms with E-state index in [0.717, 1.165) is 34.0 Å². The van der Waals surface area contributed by atoms with Crippen molar-refractivity contribution in [1.82, 2.24) is 9.97 Å². The molecule has 0 saturated heterocycles. The second-order valence-electron chi connectivity index (χ2n) is 6.44. The van der Waals surface area contributed by atoms with Crippen LogP contribution in [0.25, 0.3) is 11.3 Å². The van der Waals surface area contributed by atoms with Crippen LogP contribution in [-0.2, 0) is 6.61 Å². The molecule has 0 saturated carbocycles. The highest BCUT2D eigenvalue weighted by Crippen LogP contribution is 2.25. The Balaban J connectivity index is 1.46. The van der Waals surface area contributed by atoms with Gasteiger partial charge in [0.25, 0.3) is 0 Å². The van der Waals surface area contributed by atoms with Crippen molar-refractivity contribution in [3.8, 4) is 22.8 Å². The number of rotatable bonds is 7. The van der Waals surface area contributed by atoms with Crippen molar-refractivity contribution in [2.45, 2.75) is 6.61 Å². The van der Waals surface area contributed by atoms with E-state index < -0.39 is 0 Å². The monoisotopic (exact) mass is 383 g/mol. The second kappa shape index (κ2) is 8.89. The van der Waals surface area contributed by atoms with E-state index in [4.69, 9.17) is 9.47 Å². The molecule has 144 valence electrons. The van der Waals surface area contributed by atoms with Crippen LogP contribution < -0.4 is 14.8 Å². The minimum absolute atomic E-state index is 0.527. The molecule has 4 rings (SSSR count). The summed E-state index contributed by atoms with van der Waals surface area (Å²) in [5.41, 5.74) is 3.86. The highest BCUT2D eigenvalue weighted by molar-refractivity contribution is 5.66. The maximum absolute atomic E-state index is 5.90. The standard InChI is InChI=1S/C24H21N3O2/c1-28-21-12-10-19(11-13-21)23-15-24(26-17-25-23)27-20-8-5-9-22(14-20)29-16-18-6-3-2-4-7-18/h2-15,17H,16H2,1H3,(H,25,26,27). The number of anilines is 2. The molecule has 0 amide bonds. The van der Waals surface area contributed by atoms with Crippen LogP contribution in [0.2, 0.25) is 0 Å². The first-order chi connectivity index (χ1) is 14.3. The van der Waals surface area contributed by atoms with E-state index in [1.807, 2.05) is 84.9 Å². The molecule has 0 aliphatic rings. The van der Waals surface area contributed by atoms with Gasteiger partial charge in [-0.15, -0.1) is 0 Å². The van der Waals surface area contributed by atoms with Crippen molar-refractivity contribution in [1.29, 1.82) is 0 Å². The lowest BCUT2D eigenvalue weighted by Crippen LogP contribution is -1.98. The number of nitrogens with one attached hydrogen (secondary N) is 1. The normalized spacial score (nSPS) is 10.4. The van der Waals surface area contributed by atoms with Gasteiger partial charge in [0, 0.05) is 23.4 Å². The van der Waals surface area contributed by atoms with Gasteiger partial charge in [-0.25, -0.2) is 9.97 Å². The van der Waals surface area contributed by atoms with Crippen molar-refractivity contribution in [2.75, 3.05) is 12.4 Å². The molecule has 0 fully saturated rings. The number of aromatic nitrogens is 2. The zero-order valence-electron chi connectivity index (χ0n) is 16.1. The summed E-state index contributed by atoms with van der Waals surface area (Å²) in [7, 11) is 1.65. The highest BCUT2D eigenvalue weighted by atomic mass is 16.5. The van der Waals surface area contributed by atoms with Gasteiger partial charge in [-0.2, -0.15) is 0 Å². The topological polar surface area (TPSA) is 56.3 Å². The van der Waals surface area contributed by atoms with E-state index in [2.05, 4.69) is 15.3 Å². The Morgan fingerprint density at radius 3 is 2.41 bits per heavy atom. The summed E-state index contributed by atoms with van der Waals surface area (Å²) in [4.78, 5) is 8.70. The van der Waals surface area contributed by atoms with Crippen LogP contribution in [-0.4, -0.2) is 17.1 Å². The Morgan fingerprint density at radius 1 is 0.793 bits per heavy atom. The summed E-state index contributed by atoms with van der Waals surface area (Å²) in [6, 6.07) is 27.6. The molecule has 0 radical (unpaired) electrons. The number of hydrogen-bond acceptors (Lipinski definition) is 5. The molecule has 0 atom stereocenters. The van der Waals surface area contributed by atoms with Crippen LogP contribution in [0.5, 0.6) is 11.5 Å². The second-order valence-corrected chi connectivity index (χ2v) is 6.44. The Hall–Kier alpha value is -3.86. The van der Waals surface area contributed by atoms with Gasteiger partial charge in [0.15, 0.2) is 0 Å². The van der Waals surface area contributed by atoms with Crippen LogP contribution in [0.15, 0.2) is 91.3 Å². The molecule has 0 spiro atoms. The molecule has 1 N–H and O–H groups in total. The van der Waals surface area contributed by atoms with Crippen molar-refractivity contribution < 1.29 is 9.47 Å². The fourth-order valence-electron chi connectivity index (χ4n) is 2.90. The average molecular weight is 383 g/mol. The summed E-state index contributed by atoms with van der Waals surface area (Å²) in [5.74, 6) is 2.32. The van der Waals surface area contributed by atoms with Crippen molar-refractivity contribution in [2.24, 2.45) is 0 Å². The molecule has 4 aromatic rings. The molecule has 5 heteroatoms. The van der Waals surface area contributed by atoms with Crippen LogP contribution in [0.1, 0.15) is 5.56 Å². The molecule has 0 aliphatic carbocycles. The van der Waals surface area contributed by atoms with Crippen LogP contribution in [0.3, 0.4) is 0 Å². The first kappa shape index (κ1) is 18.5. The molecule has 1 aromatic heterocycles. The molecule has 1 heterocycles. The molecule has 0 bridgehead atoms. The van der Waals surface area contributed by atoms with Crippen LogP contribution >= 0.6 is 0 Å². The van der Waals surface area contributed by atoms with Gasteiger partial charge < -0.3 is 14.8 Å². The lowest BCUT2D eigenvalue weighted by Gasteiger charge is -2.10. The Bertz CT molecular complexity index is 1070. The molecule has 5 nitrogen and oxygen atoms in total. The molecule has 0 aliphatic heterocycles. The molecule has 0 unspecified atom stereocenters. The lowest BCUT2D eigenvalue weighted by molar-refractivity contribution is 0.306.